The summed E-state index contributed by atoms with van der Waals surface area (Å²) in [7, 11) is 0. The maximum absolute atomic E-state index is 12.5. The third kappa shape index (κ3) is 6.71. The number of nitrogens with one attached hydrogen (secondary N) is 1. The molecule has 1 atom stereocenters. The van der Waals surface area contributed by atoms with Gasteiger partial charge in [0, 0.05) is 12.1 Å². The number of ether oxygens (including phenoxy) is 2. The Bertz CT molecular complexity index is 805. The molecule has 28 heavy (non-hydrogen) atoms. The second-order valence-corrected chi connectivity index (χ2v) is 6.56. The van der Waals surface area contributed by atoms with Crippen LogP contribution in [0.5, 0.6) is 5.75 Å². The molecule has 0 bridgehead atoms. The van der Waals surface area contributed by atoms with Gasteiger partial charge < -0.3 is 14.8 Å². The maximum Gasteiger partial charge on any atom is 0.408 e. The van der Waals surface area contributed by atoms with Gasteiger partial charge in [-0.3, -0.25) is 10.1 Å². The average molecular weight is 386 g/mol. The van der Waals surface area contributed by atoms with Crippen LogP contribution in [-0.2, 0) is 16.1 Å². The normalized spacial score (nSPS) is 11.5. The highest BCUT2D eigenvalue weighted by molar-refractivity contribution is 5.83. The summed E-state index contributed by atoms with van der Waals surface area (Å²) in [4.78, 5) is 34.7. The molecule has 0 radical (unpaired) electrons. The van der Waals surface area contributed by atoms with E-state index in [1.165, 1.54) is 24.3 Å². The summed E-state index contributed by atoms with van der Waals surface area (Å²) in [5.41, 5.74) is 0.715. The fraction of sp³-hybridized carbons (Fsp3) is 0.300. The molecule has 2 aromatic carbocycles. The summed E-state index contributed by atoms with van der Waals surface area (Å²) >= 11 is 0. The van der Waals surface area contributed by atoms with E-state index in [0.29, 0.717) is 6.42 Å². The number of carbonyl (C=O) groups is 2. The molecule has 0 aliphatic carbocycles. The number of nitro groups is 1. The Morgan fingerprint density at radius 2 is 1.71 bits per heavy atom. The molecule has 0 aromatic heterocycles. The lowest BCUT2D eigenvalue weighted by Gasteiger charge is -2.19. The third-order valence-corrected chi connectivity index (χ3v) is 3.76. The highest BCUT2D eigenvalue weighted by Crippen LogP contribution is 2.18. The SMILES string of the molecule is CC(C)C[C@H](NC(=O)OCc1ccccc1)C(=O)Oc1ccc([N+](=O)[O-])cc1. The summed E-state index contributed by atoms with van der Waals surface area (Å²) in [6, 6.07) is 13.4. The average Bonchev–Trinajstić information content (AvgIpc) is 2.66. The quantitative estimate of drug-likeness (QED) is 0.320. The van der Waals surface area contributed by atoms with E-state index in [0.717, 1.165) is 5.56 Å². The molecule has 1 amide bonds. The number of nitrogens with zero attached hydrogens (tertiary/aromatic N) is 1. The standard InChI is InChI=1S/C20H22N2O6/c1-14(2)12-18(21-20(24)27-13-15-6-4-3-5-7-15)19(23)28-17-10-8-16(9-11-17)22(25)26/h3-11,14,18H,12-13H2,1-2H3,(H,21,24)/t18-/m0/s1. The second kappa shape index (κ2) is 10.1. The predicted octanol–water partition coefficient (Wildman–Crippen LogP) is 3.84. The largest absolute Gasteiger partial charge is 0.445 e. The Morgan fingerprint density at radius 1 is 1.07 bits per heavy atom. The van der Waals surface area contributed by atoms with Crippen LogP contribution in [-0.4, -0.2) is 23.0 Å². The van der Waals surface area contributed by atoms with Crippen LogP contribution in [0.3, 0.4) is 0 Å². The fourth-order valence-corrected chi connectivity index (χ4v) is 2.42. The van der Waals surface area contributed by atoms with Crippen LogP contribution < -0.4 is 10.1 Å². The smallest absolute Gasteiger partial charge is 0.408 e. The first-order valence-electron chi connectivity index (χ1n) is 8.78. The zero-order valence-corrected chi connectivity index (χ0v) is 15.7. The van der Waals surface area contributed by atoms with Crippen molar-refractivity contribution in [3.05, 3.63) is 70.3 Å². The van der Waals surface area contributed by atoms with Crippen molar-refractivity contribution in [1.29, 1.82) is 0 Å². The van der Waals surface area contributed by atoms with Crippen LogP contribution in [0, 0.1) is 16.0 Å². The molecule has 8 heteroatoms. The number of alkyl carbamates (subject to hydrolysis) is 1. The Morgan fingerprint density at radius 3 is 2.29 bits per heavy atom. The lowest BCUT2D eigenvalue weighted by molar-refractivity contribution is -0.384. The van der Waals surface area contributed by atoms with Gasteiger partial charge in [0.15, 0.2) is 0 Å². The van der Waals surface area contributed by atoms with Crippen molar-refractivity contribution in [1.82, 2.24) is 5.32 Å². The monoisotopic (exact) mass is 386 g/mol. The van der Waals surface area contributed by atoms with Crippen molar-refractivity contribution in [2.75, 3.05) is 0 Å². The van der Waals surface area contributed by atoms with Gasteiger partial charge in [-0.2, -0.15) is 0 Å². The summed E-state index contributed by atoms with van der Waals surface area (Å²) in [6.45, 7) is 3.89. The van der Waals surface area contributed by atoms with E-state index in [2.05, 4.69) is 5.32 Å². The number of nitro benzene ring substituents is 1. The molecule has 0 unspecified atom stereocenters. The van der Waals surface area contributed by atoms with Gasteiger partial charge in [0.1, 0.15) is 18.4 Å². The molecule has 0 saturated carbocycles. The van der Waals surface area contributed by atoms with E-state index in [-0.39, 0.29) is 24.0 Å². The minimum absolute atomic E-state index is 0.0818. The Balaban J connectivity index is 1.95. The second-order valence-electron chi connectivity index (χ2n) is 6.56. The van der Waals surface area contributed by atoms with Crippen LogP contribution in [0.4, 0.5) is 10.5 Å². The number of esters is 1. The maximum atomic E-state index is 12.5. The number of hydrogen-bond donors (Lipinski definition) is 1. The van der Waals surface area contributed by atoms with Crippen LogP contribution in [0.15, 0.2) is 54.6 Å². The van der Waals surface area contributed by atoms with Crippen LogP contribution in [0.2, 0.25) is 0 Å². The molecule has 0 saturated heterocycles. The number of non-ortho nitro benzene ring substituents is 1. The van der Waals surface area contributed by atoms with Crippen molar-refractivity contribution in [2.24, 2.45) is 5.92 Å². The molecule has 0 aliphatic heterocycles. The Labute approximate surface area is 162 Å². The van der Waals surface area contributed by atoms with Gasteiger partial charge in [0.2, 0.25) is 0 Å². The van der Waals surface area contributed by atoms with Crippen LogP contribution in [0.25, 0.3) is 0 Å². The molecule has 2 rings (SSSR count). The fourth-order valence-electron chi connectivity index (χ4n) is 2.42. The Kier molecular flexibility index (Phi) is 7.50. The van der Waals surface area contributed by atoms with Crippen molar-refractivity contribution >= 4 is 17.7 Å². The lowest BCUT2D eigenvalue weighted by Crippen LogP contribution is -2.44. The highest BCUT2D eigenvalue weighted by atomic mass is 16.6. The zero-order chi connectivity index (χ0) is 20.5. The van der Waals surface area contributed by atoms with E-state index in [1.54, 1.807) is 0 Å². The van der Waals surface area contributed by atoms with Crippen molar-refractivity contribution in [2.45, 2.75) is 32.9 Å². The number of benzene rings is 2. The van der Waals surface area contributed by atoms with Crippen molar-refractivity contribution in [3.8, 4) is 5.75 Å². The van der Waals surface area contributed by atoms with Gasteiger partial charge in [-0.05, 0) is 30.0 Å². The van der Waals surface area contributed by atoms with Gasteiger partial charge >= 0.3 is 12.1 Å². The first kappa shape index (κ1) is 20.9. The van der Waals surface area contributed by atoms with Gasteiger partial charge in [-0.15, -0.1) is 0 Å². The molecule has 0 aliphatic rings. The Hall–Kier alpha value is -3.42. The van der Waals surface area contributed by atoms with Crippen molar-refractivity contribution in [3.63, 3.8) is 0 Å². The molecule has 148 valence electrons. The van der Waals surface area contributed by atoms with E-state index in [4.69, 9.17) is 9.47 Å². The summed E-state index contributed by atoms with van der Waals surface area (Å²) in [5, 5.41) is 13.2. The molecule has 0 heterocycles. The number of carbonyl (C=O) groups excluding carboxylic acids is 2. The van der Waals surface area contributed by atoms with Gasteiger partial charge in [0.05, 0.1) is 4.92 Å². The third-order valence-electron chi connectivity index (χ3n) is 3.76. The molecule has 0 spiro atoms. The summed E-state index contributed by atoms with van der Waals surface area (Å²) < 4.78 is 10.4. The van der Waals surface area contributed by atoms with E-state index < -0.39 is 23.0 Å². The highest BCUT2D eigenvalue weighted by Gasteiger charge is 2.25. The number of hydrogen-bond acceptors (Lipinski definition) is 6. The lowest BCUT2D eigenvalue weighted by atomic mass is 10.0. The van der Waals surface area contributed by atoms with E-state index in [1.807, 2.05) is 44.2 Å². The topological polar surface area (TPSA) is 108 Å². The molecule has 1 N–H and O–H groups in total. The summed E-state index contributed by atoms with van der Waals surface area (Å²) in [6.07, 6.45) is -0.373. The molecule has 0 fully saturated rings. The van der Waals surface area contributed by atoms with Crippen LogP contribution >= 0.6 is 0 Å². The van der Waals surface area contributed by atoms with E-state index in [9.17, 15) is 19.7 Å². The molecular weight excluding hydrogens is 364 g/mol. The van der Waals surface area contributed by atoms with Crippen molar-refractivity contribution < 1.29 is 24.0 Å². The molecule has 2 aromatic rings. The summed E-state index contributed by atoms with van der Waals surface area (Å²) in [5.74, 6) is -0.396. The zero-order valence-electron chi connectivity index (χ0n) is 15.7. The van der Waals surface area contributed by atoms with Crippen LogP contribution in [0.1, 0.15) is 25.8 Å². The predicted molar refractivity (Wildman–Crippen MR) is 102 cm³/mol. The molecule has 8 nitrogen and oxygen atoms in total. The minimum atomic E-state index is -0.904. The molecular formula is C20H22N2O6. The number of amides is 1. The van der Waals surface area contributed by atoms with Gasteiger partial charge in [0.25, 0.3) is 5.69 Å². The number of rotatable bonds is 8. The van der Waals surface area contributed by atoms with E-state index >= 15 is 0 Å². The first-order valence-corrected chi connectivity index (χ1v) is 8.78. The first-order chi connectivity index (χ1) is 13.3. The minimum Gasteiger partial charge on any atom is -0.445 e. The van der Waals surface area contributed by atoms with Gasteiger partial charge in [-0.25, -0.2) is 9.59 Å². The van der Waals surface area contributed by atoms with Gasteiger partial charge in [-0.1, -0.05) is 44.2 Å².